The third-order valence-corrected chi connectivity index (χ3v) is 5.54. The van der Waals surface area contributed by atoms with Gasteiger partial charge >= 0.3 is 0 Å². The molecule has 0 aliphatic heterocycles. The number of carbonyl (C=O) groups is 1. The summed E-state index contributed by atoms with van der Waals surface area (Å²) in [6, 6.07) is 5.89. The van der Waals surface area contributed by atoms with E-state index in [9.17, 15) is 4.79 Å². The Bertz CT molecular complexity index is 932. The predicted molar refractivity (Wildman–Crippen MR) is 119 cm³/mol. The fourth-order valence-corrected chi connectivity index (χ4v) is 3.74. The van der Waals surface area contributed by atoms with E-state index in [1.165, 1.54) is 0 Å². The molecule has 6 nitrogen and oxygen atoms in total. The van der Waals surface area contributed by atoms with Crippen molar-refractivity contribution in [3.8, 4) is 11.5 Å². The van der Waals surface area contributed by atoms with Crippen molar-refractivity contribution in [2.75, 3.05) is 14.2 Å². The van der Waals surface area contributed by atoms with Crippen LogP contribution in [0.15, 0.2) is 24.3 Å². The highest BCUT2D eigenvalue weighted by Crippen LogP contribution is 2.32. The Morgan fingerprint density at radius 2 is 2.07 bits per heavy atom. The fourth-order valence-electron chi connectivity index (χ4n) is 3.44. The van der Waals surface area contributed by atoms with E-state index in [0.717, 1.165) is 47.7 Å². The summed E-state index contributed by atoms with van der Waals surface area (Å²) in [6.45, 7) is 7.35. The van der Waals surface area contributed by atoms with Crippen LogP contribution in [-0.2, 0) is 17.9 Å². The maximum Gasteiger partial charge on any atom is 0.247 e. The summed E-state index contributed by atoms with van der Waals surface area (Å²) in [5, 5.41) is 5.08. The van der Waals surface area contributed by atoms with Gasteiger partial charge in [-0.05, 0) is 50.0 Å². The Morgan fingerprint density at radius 3 is 2.67 bits per heavy atom. The average molecular weight is 432 g/mol. The number of carbonyl (C=O) groups excluding carboxylic acids is 1. The number of aryl methyl sites for hydroxylation is 1. The Balaban J connectivity index is 1.80. The van der Waals surface area contributed by atoms with Crippen LogP contribution in [0.2, 0.25) is 5.15 Å². The SMILES string of the molecule is COc1ccc(OC)c(CN(C(=O)/C=C/c2c(C)nn(CC(C)C)c2Cl)C2CC2)c1. The van der Waals surface area contributed by atoms with E-state index >= 15 is 0 Å². The Hall–Kier alpha value is -2.47. The first-order valence-electron chi connectivity index (χ1n) is 10.3. The van der Waals surface area contributed by atoms with Gasteiger partial charge in [-0.2, -0.15) is 5.10 Å². The van der Waals surface area contributed by atoms with Gasteiger partial charge in [0.15, 0.2) is 0 Å². The highest BCUT2D eigenvalue weighted by molar-refractivity contribution is 6.31. The van der Waals surface area contributed by atoms with Crippen molar-refractivity contribution in [2.45, 2.75) is 52.7 Å². The van der Waals surface area contributed by atoms with E-state index in [4.69, 9.17) is 21.1 Å². The number of aromatic nitrogens is 2. The average Bonchev–Trinajstić information content (AvgIpc) is 3.51. The number of hydrogen-bond donors (Lipinski definition) is 0. The number of halogens is 1. The zero-order valence-electron chi connectivity index (χ0n) is 18.3. The molecule has 3 rings (SSSR count). The first-order valence-corrected chi connectivity index (χ1v) is 10.6. The van der Waals surface area contributed by atoms with Crippen LogP contribution in [0.5, 0.6) is 11.5 Å². The van der Waals surface area contributed by atoms with Crippen LogP contribution in [0.25, 0.3) is 6.08 Å². The third kappa shape index (κ3) is 5.17. The lowest BCUT2D eigenvalue weighted by molar-refractivity contribution is -0.127. The summed E-state index contributed by atoms with van der Waals surface area (Å²) < 4.78 is 12.6. The van der Waals surface area contributed by atoms with Gasteiger partial charge in [-0.3, -0.25) is 9.48 Å². The molecular formula is C23H30ClN3O3. The van der Waals surface area contributed by atoms with Gasteiger partial charge in [-0.1, -0.05) is 25.4 Å². The molecule has 7 heteroatoms. The number of benzene rings is 1. The topological polar surface area (TPSA) is 56.6 Å². The summed E-state index contributed by atoms with van der Waals surface area (Å²) in [5.74, 6) is 1.87. The smallest absolute Gasteiger partial charge is 0.247 e. The van der Waals surface area contributed by atoms with Crippen LogP contribution in [0.3, 0.4) is 0 Å². The molecular weight excluding hydrogens is 402 g/mol. The largest absolute Gasteiger partial charge is 0.497 e. The number of amides is 1. The van der Waals surface area contributed by atoms with E-state index in [-0.39, 0.29) is 11.9 Å². The molecule has 1 saturated carbocycles. The Labute approximate surface area is 183 Å². The summed E-state index contributed by atoms with van der Waals surface area (Å²) in [6.07, 6.45) is 5.40. The lowest BCUT2D eigenvalue weighted by Gasteiger charge is -2.22. The second-order valence-electron chi connectivity index (χ2n) is 8.07. The molecule has 1 fully saturated rings. The molecule has 0 radical (unpaired) electrons. The molecule has 1 heterocycles. The summed E-state index contributed by atoms with van der Waals surface area (Å²) in [7, 11) is 3.26. The molecule has 0 spiro atoms. The van der Waals surface area contributed by atoms with Crippen molar-refractivity contribution in [3.63, 3.8) is 0 Å². The van der Waals surface area contributed by atoms with Crippen molar-refractivity contribution in [1.29, 1.82) is 0 Å². The Morgan fingerprint density at radius 1 is 1.33 bits per heavy atom. The van der Waals surface area contributed by atoms with Crippen LogP contribution < -0.4 is 9.47 Å². The molecule has 0 bridgehead atoms. The lowest BCUT2D eigenvalue weighted by atomic mass is 10.1. The summed E-state index contributed by atoms with van der Waals surface area (Å²) in [4.78, 5) is 14.9. The van der Waals surface area contributed by atoms with Crippen LogP contribution in [-0.4, -0.2) is 40.8 Å². The van der Waals surface area contributed by atoms with E-state index in [0.29, 0.717) is 17.6 Å². The molecule has 0 N–H and O–H groups in total. The summed E-state index contributed by atoms with van der Waals surface area (Å²) >= 11 is 6.51. The Kier molecular flexibility index (Phi) is 7.08. The van der Waals surface area contributed by atoms with Gasteiger partial charge in [0.25, 0.3) is 0 Å². The number of nitrogens with zero attached hydrogens (tertiary/aromatic N) is 3. The van der Waals surface area contributed by atoms with Gasteiger partial charge in [-0.25, -0.2) is 0 Å². The van der Waals surface area contributed by atoms with Crippen LogP contribution in [0, 0.1) is 12.8 Å². The number of hydrogen-bond acceptors (Lipinski definition) is 4. The van der Waals surface area contributed by atoms with Gasteiger partial charge in [0, 0.05) is 29.8 Å². The van der Waals surface area contributed by atoms with Crippen molar-refractivity contribution in [3.05, 3.63) is 46.2 Å². The third-order valence-electron chi connectivity index (χ3n) is 5.14. The first-order chi connectivity index (χ1) is 14.3. The predicted octanol–water partition coefficient (Wildman–Crippen LogP) is 4.72. The molecule has 1 aromatic heterocycles. The summed E-state index contributed by atoms with van der Waals surface area (Å²) in [5.41, 5.74) is 2.53. The van der Waals surface area contributed by atoms with Crippen molar-refractivity contribution >= 4 is 23.6 Å². The van der Waals surface area contributed by atoms with E-state index < -0.39 is 0 Å². The highest BCUT2D eigenvalue weighted by Gasteiger charge is 2.32. The van der Waals surface area contributed by atoms with Crippen molar-refractivity contribution in [1.82, 2.24) is 14.7 Å². The van der Waals surface area contributed by atoms with E-state index in [1.54, 1.807) is 31.1 Å². The highest BCUT2D eigenvalue weighted by atomic mass is 35.5. The normalized spacial score (nSPS) is 13.8. The maximum absolute atomic E-state index is 13.1. The van der Waals surface area contributed by atoms with Crippen LogP contribution in [0.1, 0.15) is 43.5 Å². The van der Waals surface area contributed by atoms with Crippen LogP contribution >= 0.6 is 11.6 Å². The molecule has 0 saturated heterocycles. The second kappa shape index (κ2) is 9.56. The second-order valence-corrected chi connectivity index (χ2v) is 8.43. The number of ether oxygens (including phenoxy) is 2. The number of methoxy groups -OCH3 is 2. The van der Waals surface area contributed by atoms with Crippen LogP contribution in [0.4, 0.5) is 0 Å². The monoisotopic (exact) mass is 431 g/mol. The molecule has 1 aromatic carbocycles. The van der Waals surface area contributed by atoms with Gasteiger partial charge in [-0.15, -0.1) is 0 Å². The quantitative estimate of drug-likeness (QED) is 0.539. The van der Waals surface area contributed by atoms with Gasteiger partial charge in [0.1, 0.15) is 16.7 Å². The molecule has 2 aromatic rings. The fraction of sp³-hybridized carbons (Fsp3) is 0.478. The lowest BCUT2D eigenvalue weighted by Crippen LogP contribution is -2.31. The van der Waals surface area contributed by atoms with Crippen molar-refractivity contribution in [2.24, 2.45) is 5.92 Å². The van der Waals surface area contributed by atoms with Gasteiger partial charge in [0.05, 0.1) is 26.5 Å². The number of rotatable bonds is 9. The molecule has 0 atom stereocenters. The minimum atomic E-state index is -0.0468. The van der Waals surface area contributed by atoms with E-state index in [2.05, 4.69) is 18.9 Å². The maximum atomic E-state index is 13.1. The zero-order chi connectivity index (χ0) is 21.8. The minimum absolute atomic E-state index is 0.0468. The minimum Gasteiger partial charge on any atom is -0.497 e. The molecule has 0 unspecified atom stereocenters. The molecule has 30 heavy (non-hydrogen) atoms. The zero-order valence-corrected chi connectivity index (χ0v) is 19.1. The van der Waals surface area contributed by atoms with Crippen molar-refractivity contribution < 1.29 is 14.3 Å². The first kappa shape index (κ1) is 22.2. The van der Waals surface area contributed by atoms with Gasteiger partial charge in [0.2, 0.25) is 5.91 Å². The molecule has 162 valence electrons. The molecule has 1 aliphatic rings. The molecule has 1 aliphatic carbocycles. The standard InChI is InChI=1S/C23H30ClN3O3/c1-15(2)13-27-23(24)20(16(3)25-27)9-11-22(28)26(18-6-7-18)14-17-12-19(29-4)8-10-21(17)30-5/h8-12,15,18H,6-7,13-14H2,1-5H3/b11-9+. The molecule has 1 amide bonds. The van der Waals surface area contributed by atoms with Gasteiger partial charge < -0.3 is 14.4 Å². The van der Waals surface area contributed by atoms with E-state index in [1.807, 2.05) is 30.0 Å².